The third-order valence-corrected chi connectivity index (χ3v) is 6.71. The first kappa shape index (κ1) is 22.6. The molecule has 0 amide bonds. The molecule has 3 aromatic rings. The Kier molecular flexibility index (Phi) is 6.13. The highest BCUT2D eigenvalue weighted by atomic mass is 32.2. The fourth-order valence-corrected chi connectivity index (χ4v) is 5.00. The molecule has 10 heteroatoms. The molecule has 0 spiro atoms. The Bertz CT molecular complexity index is 1330. The molecule has 1 fully saturated rings. The summed E-state index contributed by atoms with van der Waals surface area (Å²) in [7, 11) is -4.05. The number of nitrogens with zero attached hydrogens (tertiary/aromatic N) is 3. The van der Waals surface area contributed by atoms with E-state index in [1.165, 1.54) is 6.33 Å². The Morgan fingerprint density at radius 2 is 1.76 bits per heavy atom. The zero-order valence-electron chi connectivity index (χ0n) is 18.3. The van der Waals surface area contributed by atoms with E-state index in [0.717, 1.165) is 28.1 Å². The number of hydrogen-bond acceptors (Lipinski definition) is 8. The quantitative estimate of drug-likeness (QED) is 0.473. The molecule has 3 atom stereocenters. The lowest BCUT2D eigenvalue weighted by atomic mass is 9.95. The minimum atomic E-state index is -4.05. The summed E-state index contributed by atoms with van der Waals surface area (Å²) < 4.78 is 26.8. The summed E-state index contributed by atoms with van der Waals surface area (Å²) in [6.07, 6.45) is 2.35. The largest absolute Gasteiger partial charge is 0.393 e. The molecule has 9 nitrogen and oxygen atoms in total. The van der Waals surface area contributed by atoms with Crippen LogP contribution in [0.25, 0.3) is 11.1 Å². The highest BCUT2D eigenvalue weighted by Crippen LogP contribution is 2.37. The predicted molar refractivity (Wildman–Crippen MR) is 129 cm³/mol. The van der Waals surface area contributed by atoms with Gasteiger partial charge in [0.05, 0.1) is 24.1 Å². The van der Waals surface area contributed by atoms with Crippen molar-refractivity contribution in [1.29, 1.82) is 0 Å². The number of anilines is 1. The van der Waals surface area contributed by atoms with Gasteiger partial charge in [-0.25, -0.2) is 20.1 Å². The fourth-order valence-electron chi connectivity index (χ4n) is 4.64. The van der Waals surface area contributed by atoms with E-state index >= 15 is 0 Å². The maximum absolute atomic E-state index is 11.1. The van der Waals surface area contributed by atoms with Gasteiger partial charge in [0.1, 0.15) is 12.0 Å². The Labute approximate surface area is 198 Å². The summed E-state index contributed by atoms with van der Waals surface area (Å²) in [5, 5.41) is 18.6. The number of aromatic nitrogens is 2. The first-order chi connectivity index (χ1) is 16.4. The molecule has 2 aliphatic rings. The Balaban J connectivity index is 1.37. The van der Waals surface area contributed by atoms with E-state index in [1.807, 2.05) is 30.3 Å². The van der Waals surface area contributed by atoms with Crippen molar-refractivity contribution < 1.29 is 17.7 Å². The van der Waals surface area contributed by atoms with Crippen LogP contribution in [0.3, 0.4) is 0 Å². The third kappa shape index (κ3) is 4.85. The second-order valence-corrected chi connectivity index (χ2v) is 9.80. The number of rotatable bonds is 7. The van der Waals surface area contributed by atoms with Crippen molar-refractivity contribution in [2.45, 2.75) is 31.4 Å². The number of fused-ring (bicyclic) bond motifs is 1. The van der Waals surface area contributed by atoms with Crippen LogP contribution in [-0.4, -0.2) is 48.0 Å². The van der Waals surface area contributed by atoms with E-state index in [2.05, 4.69) is 43.7 Å². The molecule has 2 aromatic carbocycles. The summed E-state index contributed by atoms with van der Waals surface area (Å²) >= 11 is 0. The number of hydrogen-bond donors (Lipinski definition) is 3. The third-order valence-electron chi connectivity index (χ3n) is 6.25. The van der Waals surface area contributed by atoms with Gasteiger partial charge in [-0.15, -0.1) is 0 Å². The number of aliphatic hydroxyl groups excluding tert-OH is 1. The summed E-state index contributed by atoms with van der Waals surface area (Å²) in [5.41, 5.74) is 5.72. The van der Waals surface area contributed by atoms with Crippen molar-refractivity contribution >= 4 is 27.5 Å². The zero-order chi connectivity index (χ0) is 23.7. The molecule has 0 radical (unpaired) electrons. The molecule has 1 aliphatic carbocycles. The average Bonchev–Trinajstić information content (AvgIpc) is 3.41. The molecular formula is C24H25N5O4S. The van der Waals surface area contributed by atoms with Gasteiger partial charge in [0.2, 0.25) is 0 Å². The number of nitrogens with one attached hydrogen (secondary N) is 1. The number of aliphatic hydroxyl groups is 1. The van der Waals surface area contributed by atoms with Crippen LogP contribution in [0.2, 0.25) is 0 Å². The number of aliphatic imine (C=N–C) groups is 1. The fraction of sp³-hybridized carbons (Fsp3) is 0.292. The van der Waals surface area contributed by atoms with Gasteiger partial charge in [-0.1, -0.05) is 54.6 Å². The van der Waals surface area contributed by atoms with Gasteiger partial charge in [-0.05, 0) is 24.0 Å². The normalized spacial score (nSPS) is 21.8. The van der Waals surface area contributed by atoms with E-state index in [9.17, 15) is 13.5 Å². The molecule has 1 aromatic heterocycles. The lowest BCUT2D eigenvalue weighted by Gasteiger charge is -2.14. The standard InChI is InChI=1S/C24H25N5O4S/c25-34(31,32)33-13-16-10-17(11-22(16)30)28-24-23-21(26-14-27-24)12-20(29-23)19-9-5-4-8-18(19)15-6-2-1-3-7-15/h1-9,14,16-17,22,30H,10-13H2,(H2,25,31,32)(H,26,27,28)/t16-,17+,22-/m0/s1. The smallest absolute Gasteiger partial charge is 0.333 e. The van der Waals surface area contributed by atoms with Crippen molar-refractivity contribution in [2.75, 3.05) is 11.9 Å². The van der Waals surface area contributed by atoms with E-state index < -0.39 is 16.4 Å². The Morgan fingerprint density at radius 1 is 1.03 bits per heavy atom. The summed E-state index contributed by atoms with van der Waals surface area (Å²) in [6, 6.07) is 18.2. The maximum Gasteiger partial charge on any atom is 0.333 e. The minimum absolute atomic E-state index is 0.112. The lowest BCUT2D eigenvalue weighted by molar-refractivity contribution is 0.101. The van der Waals surface area contributed by atoms with Crippen molar-refractivity contribution in [2.24, 2.45) is 16.0 Å². The van der Waals surface area contributed by atoms with Crippen LogP contribution in [-0.2, 0) is 20.9 Å². The van der Waals surface area contributed by atoms with Gasteiger partial charge in [0, 0.05) is 23.9 Å². The van der Waals surface area contributed by atoms with Crippen LogP contribution in [0.15, 0.2) is 65.9 Å². The molecule has 0 saturated heterocycles. The SMILES string of the molecule is NS(=O)(=O)OC[C@@H]1C[C@@H](Nc2ncnc3c2N=C(c2ccccc2-c2ccccc2)C3)C[C@@H]1O. The van der Waals surface area contributed by atoms with Crippen LogP contribution in [0.5, 0.6) is 0 Å². The second kappa shape index (κ2) is 9.22. The molecule has 0 unspecified atom stereocenters. The molecule has 4 N–H and O–H groups in total. The van der Waals surface area contributed by atoms with Gasteiger partial charge >= 0.3 is 10.3 Å². The molecule has 0 bridgehead atoms. The predicted octanol–water partition coefficient (Wildman–Crippen LogP) is 2.59. The molecule has 176 valence electrons. The van der Waals surface area contributed by atoms with Crippen molar-refractivity contribution in [1.82, 2.24) is 9.97 Å². The van der Waals surface area contributed by atoms with Crippen molar-refractivity contribution in [3.05, 3.63) is 72.2 Å². The zero-order valence-corrected chi connectivity index (χ0v) is 19.1. The van der Waals surface area contributed by atoms with Crippen LogP contribution in [0, 0.1) is 5.92 Å². The van der Waals surface area contributed by atoms with Crippen LogP contribution in [0.1, 0.15) is 24.1 Å². The van der Waals surface area contributed by atoms with Crippen LogP contribution >= 0.6 is 0 Å². The first-order valence-corrected chi connectivity index (χ1v) is 12.5. The number of nitrogens with two attached hydrogens (primary N) is 1. The van der Waals surface area contributed by atoms with Crippen LogP contribution < -0.4 is 10.5 Å². The monoisotopic (exact) mass is 479 g/mol. The average molecular weight is 480 g/mol. The molecule has 5 rings (SSSR count). The lowest BCUT2D eigenvalue weighted by Crippen LogP contribution is -2.24. The second-order valence-electron chi connectivity index (χ2n) is 8.58. The van der Waals surface area contributed by atoms with E-state index in [-0.39, 0.29) is 18.6 Å². The molecule has 1 aliphatic heterocycles. The highest BCUT2D eigenvalue weighted by molar-refractivity contribution is 7.84. The maximum atomic E-state index is 11.1. The number of benzene rings is 2. The van der Waals surface area contributed by atoms with E-state index in [0.29, 0.717) is 30.8 Å². The summed E-state index contributed by atoms with van der Waals surface area (Å²) in [6.45, 7) is -0.154. The topological polar surface area (TPSA) is 140 Å². The first-order valence-electron chi connectivity index (χ1n) is 11.1. The van der Waals surface area contributed by atoms with E-state index in [1.54, 1.807) is 0 Å². The highest BCUT2D eigenvalue weighted by Gasteiger charge is 2.35. The van der Waals surface area contributed by atoms with Crippen molar-refractivity contribution in [3.8, 4) is 11.1 Å². The summed E-state index contributed by atoms with van der Waals surface area (Å²) in [5.74, 6) is 0.255. The Morgan fingerprint density at radius 3 is 2.53 bits per heavy atom. The molecule has 1 saturated carbocycles. The van der Waals surface area contributed by atoms with Crippen molar-refractivity contribution in [3.63, 3.8) is 0 Å². The Hall–Kier alpha value is -3.18. The molecule has 34 heavy (non-hydrogen) atoms. The van der Waals surface area contributed by atoms with Gasteiger partial charge < -0.3 is 10.4 Å². The van der Waals surface area contributed by atoms with Gasteiger partial charge in [-0.3, -0.25) is 4.18 Å². The minimum Gasteiger partial charge on any atom is -0.393 e. The summed E-state index contributed by atoms with van der Waals surface area (Å²) in [4.78, 5) is 13.7. The molecule has 2 heterocycles. The van der Waals surface area contributed by atoms with Crippen LogP contribution in [0.4, 0.5) is 11.5 Å². The molecular weight excluding hydrogens is 454 g/mol. The van der Waals surface area contributed by atoms with Gasteiger partial charge in [-0.2, -0.15) is 8.42 Å². The van der Waals surface area contributed by atoms with Gasteiger partial charge in [0.15, 0.2) is 5.82 Å². The van der Waals surface area contributed by atoms with E-state index in [4.69, 9.17) is 10.1 Å². The van der Waals surface area contributed by atoms with Gasteiger partial charge in [0.25, 0.3) is 0 Å².